The summed E-state index contributed by atoms with van der Waals surface area (Å²) in [5.74, 6) is 5.90. The van der Waals surface area contributed by atoms with Gasteiger partial charge in [-0.2, -0.15) is 0 Å². The molecule has 8 heteroatoms. The lowest BCUT2D eigenvalue weighted by atomic mass is 10.2. The standard InChI is InChI=1S/C11H13BrN6S/c1-5-6(2)16-11(17-7(5)3)19-10-8(12)9(18-13)14-4-15-10/h4H,13H2,1-3H3,(H,14,15,18). The Bertz CT molecular complexity index is 595. The number of aryl methyl sites for hydroxylation is 2. The van der Waals surface area contributed by atoms with E-state index in [1.54, 1.807) is 0 Å². The molecule has 0 radical (unpaired) electrons. The number of hydrazine groups is 1. The molecule has 6 nitrogen and oxygen atoms in total. The van der Waals surface area contributed by atoms with E-state index in [1.165, 1.54) is 18.1 Å². The van der Waals surface area contributed by atoms with Gasteiger partial charge in [-0.25, -0.2) is 25.8 Å². The van der Waals surface area contributed by atoms with Crippen LogP contribution in [0.1, 0.15) is 17.0 Å². The number of nitrogens with zero attached hydrogens (tertiary/aromatic N) is 4. The van der Waals surface area contributed by atoms with Crippen molar-refractivity contribution in [3.05, 3.63) is 27.8 Å². The monoisotopic (exact) mass is 340 g/mol. The average Bonchev–Trinajstić information content (AvgIpc) is 2.38. The number of hydrogen-bond donors (Lipinski definition) is 2. The fraction of sp³-hybridized carbons (Fsp3) is 0.273. The average molecular weight is 341 g/mol. The number of nitrogens with two attached hydrogens (primary N) is 1. The normalized spacial score (nSPS) is 10.6. The van der Waals surface area contributed by atoms with Crippen LogP contribution in [0.2, 0.25) is 0 Å². The number of anilines is 1. The van der Waals surface area contributed by atoms with Crippen molar-refractivity contribution >= 4 is 33.5 Å². The van der Waals surface area contributed by atoms with Crippen LogP contribution in [0.5, 0.6) is 0 Å². The Hall–Kier alpha value is -1.25. The highest BCUT2D eigenvalue weighted by Crippen LogP contribution is 2.33. The van der Waals surface area contributed by atoms with Crippen LogP contribution in [0.15, 0.2) is 21.0 Å². The molecule has 0 atom stereocenters. The highest BCUT2D eigenvalue weighted by Gasteiger charge is 2.12. The third-order valence-electron chi connectivity index (χ3n) is 2.69. The number of nitrogens with one attached hydrogen (secondary N) is 1. The van der Waals surface area contributed by atoms with Crippen molar-refractivity contribution < 1.29 is 0 Å². The largest absolute Gasteiger partial charge is 0.307 e. The van der Waals surface area contributed by atoms with E-state index < -0.39 is 0 Å². The van der Waals surface area contributed by atoms with Crippen LogP contribution in [0.3, 0.4) is 0 Å². The summed E-state index contributed by atoms with van der Waals surface area (Å²) >= 11 is 4.77. The molecule has 0 saturated carbocycles. The Morgan fingerprint density at radius 3 is 2.37 bits per heavy atom. The Labute approximate surface area is 123 Å². The van der Waals surface area contributed by atoms with Gasteiger partial charge in [0.2, 0.25) is 0 Å². The molecule has 0 saturated heterocycles. The molecule has 0 bridgehead atoms. The lowest BCUT2D eigenvalue weighted by Gasteiger charge is -2.08. The van der Waals surface area contributed by atoms with E-state index in [4.69, 9.17) is 5.84 Å². The van der Waals surface area contributed by atoms with Crippen LogP contribution in [0, 0.1) is 20.8 Å². The topological polar surface area (TPSA) is 89.6 Å². The maximum Gasteiger partial charge on any atom is 0.194 e. The van der Waals surface area contributed by atoms with Gasteiger partial charge in [0, 0.05) is 11.4 Å². The number of aromatic nitrogens is 4. The second-order valence-electron chi connectivity index (χ2n) is 3.89. The van der Waals surface area contributed by atoms with Gasteiger partial charge in [0.1, 0.15) is 11.4 Å². The summed E-state index contributed by atoms with van der Waals surface area (Å²) in [5, 5.41) is 1.37. The summed E-state index contributed by atoms with van der Waals surface area (Å²) in [7, 11) is 0. The molecule has 0 aliphatic heterocycles. The molecule has 2 aromatic heterocycles. The molecule has 0 fully saturated rings. The summed E-state index contributed by atoms with van der Waals surface area (Å²) in [6.45, 7) is 5.95. The van der Waals surface area contributed by atoms with Gasteiger partial charge >= 0.3 is 0 Å². The zero-order valence-corrected chi connectivity index (χ0v) is 13.1. The molecular formula is C11H13BrN6S. The first-order chi connectivity index (χ1) is 9.02. The van der Waals surface area contributed by atoms with E-state index >= 15 is 0 Å². The molecule has 2 heterocycles. The van der Waals surface area contributed by atoms with Crippen LogP contribution in [0.4, 0.5) is 5.82 Å². The van der Waals surface area contributed by atoms with Crippen molar-refractivity contribution in [3.63, 3.8) is 0 Å². The van der Waals surface area contributed by atoms with E-state index in [-0.39, 0.29) is 0 Å². The third kappa shape index (κ3) is 3.02. The fourth-order valence-electron chi connectivity index (χ4n) is 1.40. The van der Waals surface area contributed by atoms with Crippen molar-refractivity contribution in [1.82, 2.24) is 19.9 Å². The minimum atomic E-state index is 0.526. The van der Waals surface area contributed by atoms with E-state index in [9.17, 15) is 0 Å². The third-order valence-corrected chi connectivity index (χ3v) is 4.58. The molecule has 3 N–H and O–H groups in total. The SMILES string of the molecule is Cc1nc(Sc2ncnc(NN)c2Br)nc(C)c1C. The summed E-state index contributed by atoms with van der Waals surface area (Å²) in [4.78, 5) is 17.1. The van der Waals surface area contributed by atoms with Gasteiger partial charge in [-0.15, -0.1) is 0 Å². The van der Waals surface area contributed by atoms with Gasteiger partial charge in [-0.3, -0.25) is 0 Å². The molecule has 0 amide bonds. The number of rotatable bonds is 3. The summed E-state index contributed by atoms with van der Waals surface area (Å²) < 4.78 is 0.696. The molecule has 0 aromatic carbocycles. The lowest BCUT2D eigenvalue weighted by Crippen LogP contribution is -2.10. The first-order valence-corrected chi connectivity index (χ1v) is 7.10. The van der Waals surface area contributed by atoms with Crippen molar-refractivity contribution in [2.75, 3.05) is 5.43 Å². The van der Waals surface area contributed by atoms with E-state index in [0.29, 0.717) is 20.5 Å². The van der Waals surface area contributed by atoms with E-state index in [1.807, 2.05) is 20.8 Å². The molecular weight excluding hydrogens is 328 g/mol. The molecule has 0 spiro atoms. The number of halogens is 1. The Kier molecular flexibility index (Phi) is 4.33. The molecule has 0 aliphatic carbocycles. The molecule has 19 heavy (non-hydrogen) atoms. The summed E-state index contributed by atoms with van der Waals surface area (Å²) in [5.41, 5.74) is 5.55. The lowest BCUT2D eigenvalue weighted by molar-refractivity contribution is 0.876. The number of nitrogen functional groups attached to an aromatic ring is 1. The second-order valence-corrected chi connectivity index (χ2v) is 5.64. The first kappa shape index (κ1) is 14.2. The van der Waals surface area contributed by atoms with Gasteiger partial charge in [0.05, 0.1) is 4.47 Å². The van der Waals surface area contributed by atoms with Gasteiger partial charge in [-0.05, 0) is 54.0 Å². The van der Waals surface area contributed by atoms with Gasteiger partial charge in [-0.1, -0.05) is 0 Å². The quantitative estimate of drug-likeness (QED) is 0.383. The van der Waals surface area contributed by atoms with Gasteiger partial charge in [0.15, 0.2) is 11.0 Å². The predicted molar refractivity (Wildman–Crippen MR) is 77.9 cm³/mol. The van der Waals surface area contributed by atoms with E-state index in [0.717, 1.165) is 17.0 Å². The summed E-state index contributed by atoms with van der Waals surface area (Å²) in [6.07, 6.45) is 1.44. The zero-order chi connectivity index (χ0) is 14.0. The predicted octanol–water partition coefficient (Wildman–Crippen LogP) is 2.39. The van der Waals surface area contributed by atoms with Crippen LogP contribution < -0.4 is 11.3 Å². The number of hydrogen-bond acceptors (Lipinski definition) is 7. The van der Waals surface area contributed by atoms with E-state index in [2.05, 4.69) is 41.3 Å². The molecule has 100 valence electrons. The minimum Gasteiger partial charge on any atom is -0.307 e. The second kappa shape index (κ2) is 5.81. The van der Waals surface area contributed by atoms with Crippen LogP contribution in [-0.2, 0) is 0 Å². The Morgan fingerprint density at radius 1 is 1.16 bits per heavy atom. The molecule has 2 aromatic rings. The molecule has 0 aliphatic rings. The van der Waals surface area contributed by atoms with Crippen LogP contribution in [-0.4, -0.2) is 19.9 Å². The smallest absolute Gasteiger partial charge is 0.194 e. The Balaban J connectivity index is 2.36. The first-order valence-electron chi connectivity index (χ1n) is 5.49. The Morgan fingerprint density at radius 2 is 1.79 bits per heavy atom. The maximum atomic E-state index is 5.37. The van der Waals surface area contributed by atoms with Crippen molar-refractivity contribution in [2.45, 2.75) is 31.0 Å². The van der Waals surface area contributed by atoms with Crippen LogP contribution >= 0.6 is 27.7 Å². The van der Waals surface area contributed by atoms with Gasteiger partial charge in [0.25, 0.3) is 0 Å². The molecule has 0 unspecified atom stereocenters. The zero-order valence-electron chi connectivity index (χ0n) is 10.7. The molecule has 2 rings (SSSR count). The van der Waals surface area contributed by atoms with Gasteiger partial charge < -0.3 is 5.43 Å². The van der Waals surface area contributed by atoms with Crippen LogP contribution in [0.25, 0.3) is 0 Å². The highest BCUT2D eigenvalue weighted by molar-refractivity contribution is 9.10. The van der Waals surface area contributed by atoms with Crippen molar-refractivity contribution in [3.8, 4) is 0 Å². The fourth-order valence-corrected chi connectivity index (χ4v) is 2.79. The summed E-state index contributed by atoms with van der Waals surface area (Å²) in [6, 6.07) is 0. The van der Waals surface area contributed by atoms with Crippen molar-refractivity contribution in [1.29, 1.82) is 0 Å². The maximum absolute atomic E-state index is 5.37. The minimum absolute atomic E-state index is 0.526. The van der Waals surface area contributed by atoms with Crippen molar-refractivity contribution in [2.24, 2.45) is 5.84 Å². The highest BCUT2D eigenvalue weighted by atomic mass is 79.9.